The van der Waals surface area contributed by atoms with Crippen molar-refractivity contribution >= 4 is 17.8 Å². The standard InChI is InChI=1S/C20H32FN7O2/c1-2-3-9-23-18-26-19(24-10-12-30-14-13-29-11-8-22)28-20(27-18)25-15-16-6-4-5-7-17(16)21/h4-7H,2-3,8-15,22H2,1H3,(H3,23,24,25,26,27,28). The van der Waals surface area contributed by atoms with E-state index in [1.165, 1.54) is 6.07 Å². The zero-order chi connectivity index (χ0) is 21.4. The topological polar surface area (TPSA) is 119 Å². The van der Waals surface area contributed by atoms with E-state index in [9.17, 15) is 4.39 Å². The van der Waals surface area contributed by atoms with Gasteiger partial charge in [0.05, 0.1) is 26.4 Å². The lowest BCUT2D eigenvalue weighted by Gasteiger charge is -2.12. The largest absolute Gasteiger partial charge is 0.378 e. The third kappa shape index (κ3) is 9.29. The van der Waals surface area contributed by atoms with Crippen LogP contribution in [0.15, 0.2) is 24.3 Å². The van der Waals surface area contributed by atoms with Crippen LogP contribution in [0.4, 0.5) is 22.2 Å². The van der Waals surface area contributed by atoms with Crippen LogP contribution >= 0.6 is 0 Å². The fraction of sp³-hybridized carbons (Fsp3) is 0.550. The Balaban J connectivity index is 1.88. The number of rotatable bonds is 16. The van der Waals surface area contributed by atoms with Crippen molar-refractivity contribution < 1.29 is 13.9 Å². The smallest absolute Gasteiger partial charge is 0.229 e. The number of ether oxygens (including phenoxy) is 2. The molecule has 0 unspecified atom stereocenters. The number of unbranched alkanes of at least 4 members (excludes halogenated alkanes) is 1. The predicted octanol–water partition coefficient (Wildman–Crippen LogP) is 2.24. The summed E-state index contributed by atoms with van der Waals surface area (Å²) >= 11 is 0. The van der Waals surface area contributed by atoms with Crippen LogP contribution in [0.2, 0.25) is 0 Å². The molecule has 2 aromatic rings. The molecule has 0 amide bonds. The fourth-order valence-electron chi connectivity index (χ4n) is 2.45. The molecular formula is C20H32FN7O2. The zero-order valence-corrected chi connectivity index (χ0v) is 17.5. The Hall–Kier alpha value is -2.56. The summed E-state index contributed by atoms with van der Waals surface area (Å²) in [5.74, 6) is 0.980. The summed E-state index contributed by atoms with van der Waals surface area (Å²) in [6.07, 6.45) is 2.07. The Kier molecular flexibility index (Phi) is 11.4. The monoisotopic (exact) mass is 421 g/mol. The van der Waals surface area contributed by atoms with E-state index in [2.05, 4.69) is 37.8 Å². The van der Waals surface area contributed by atoms with E-state index in [4.69, 9.17) is 15.2 Å². The molecule has 1 aromatic carbocycles. The summed E-state index contributed by atoms with van der Waals surface area (Å²) in [5.41, 5.74) is 5.90. The van der Waals surface area contributed by atoms with Gasteiger partial charge in [-0.1, -0.05) is 31.5 Å². The van der Waals surface area contributed by atoms with E-state index in [1.54, 1.807) is 18.2 Å². The summed E-state index contributed by atoms with van der Waals surface area (Å²) in [5, 5.41) is 9.38. The average Bonchev–Trinajstić information content (AvgIpc) is 2.75. The van der Waals surface area contributed by atoms with Crippen molar-refractivity contribution in [1.29, 1.82) is 0 Å². The maximum Gasteiger partial charge on any atom is 0.229 e. The summed E-state index contributed by atoms with van der Waals surface area (Å²) < 4.78 is 24.6. The maximum atomic E-state index is 13.8. The van der Waals surface area contributed by atoms with Crippen LogP contribution in [0.5, 0.6) is 0 Å². The fourth-order valence-corrected chi connectivity index (χ4v) is 2.45. The van der Waals surface area contributed by atoms with E-state index in [1.807, 2.05) is 0 Å². The van der Waals surface area contributed by atoms with Gasteiger partial charge in [0.2, 0.25) is 17.8 Å². The SMILES string of the molecule is CCCCNc1nc(NCCOCCOCCN)nc(NCc2ccccc2F)n1. The van der Waals surface area contributed by atoms with Gasteiger partial charge in [0.15, 0.2) is 0 Å². The first-order valence-electron chi connectivity index (χ1n) is 10.3. The third-order valence-corrected chi connectivity index (χ3v) is 4.01. The highest BCUT2D eigenvalue weighted by Gasteiger charge is 2.08. The Morgan fingerprint density at radius 2 is 1.50 bits per heavy atom. The molecule has 9 nitrogen and oxygen atoms in total. The number of nitrogens with zero attached hydrogens (tertiary/aromatic N) is 3. The van der Waals surface area contributed by atoms with Crippen LogP contribution in [0, 0.1) is 5.82 Å². The lowest BCUT2D eigenvalue weighted by atomic mass is 10.2. The minimum absolute atomic E-state index is 0.272. The minimum Gasteiger partial charge on any atom is -0.378 e. The molecule has 10 heteroatoms. The molecule has 0 atom stereocenters. The van der Waals surface area contributed by atoms with Crippen molar-refractivity contribution in [3.05, 3.63) is 35.6 Å². The van der Waals surface area contributed by atoms with Crippen LogP contribution < -0.4 is 21.7 Å². The van der Waals surface area contributed by atoms with Gasteiger partial charge < -0.3 is 31.2 Å². The van der Waals surface area contributed by atoms with Crippen LogP contribution in [-0.2, 0) is 16.0 Å². The Bertz CT molecular complexity index is 736. The van der Waals surface area contributed by atoms with E-state index in [0.717, 1.165) is 19.4 Å². The molecule has 0 aliphatic heterocycles. The average molecular weight is 422 g/mol. The second-order valence-electron chi connectivity index (χ2n) is 6.47. The highest BCUT2D eigenvalue weighted by atomic mass is 19.1. The molecule has 0 radical (unpaired) electrons. The van der Waals surface area contributed by atoms with Crippen LogP contribution in [0.1, 0.15) is 25.3 Å². The Morgan fingerprint density at radius 3 is 2.17 bits per heavy atom. The molecule has 0 saturated heterocycles. The van der Waals surface area contributed by atoms with Crippen molar-refractivity contribution in [3.63, 3.8) is 0 Å². The number of halogens is 1. The minimum atomic E-state index is -0.272. The molecule has 0 spiro atoms. The molecule has 166 valence electrons. The lowest BCUT2D eigenvalue weighted by Crippen LogP contribution is -2.17. The van der Waals surface area contributed by atoms with Crippen LogP contribution in [0.3, 0.4) is 0 Å². The van der Waals surface area contributed by atoms with Crippen molar-refractivity contribution in [2.24, 2.45) is 5.73 Å². The van der Waals surface area contributed by atoms with Gasteiger partial charge in [-0.15, -0.1) is 0 Å². The van der Waals surface area contributed by atoms with E-state index < -0.39 is 0 Å². The number of anilines is 3. The van der Waals surface area contributed by atoms with Gasteiger partial charge >= 0.3 is 0 Å². The summed E-state index contributed by atoms with van der Waals surface area (Å²) in [6, 6.07) is 6.60. The quantitative estimate of drug-likeness (QED) is 0.303. The van der Waals surface area contributed by atoms with Gasteiger partial charge in [-0.05, 0) is 12.5 Å². The molecule has 0 saturated carbocycles. The van der Waals surface area contributed by atoms with Gasteiger partial charge in [0.25, 0.3) is 0 Å². The highest BCUT2D eigenvalue weighted by Crippen LogP contribution is 2.12. The molecule has 0 aliphatic rings. The van der Waals surface area contributed by atoms with Gasteiger partial charge in [-0.3, -0.25) is 0 Å². The Labute approximate surface area is 177 Å². The summed E-state index contributed by atoms with van der Waals surface area (Å²) in [4.78, 5) is 13.1. The molecule has 0 bridgehead atoms. The number of hydrogen-bond acceptors (Lipinski definition) is 9. The van der Waals surface area contributed by atoms with Crippen molar-refractivity contribution in [3.8, 4) is 0 Å². The van der Waals surface area contributed by atoms with E-state index >= 15 is 0 Å². The second kappa shape index (κ2) is 14.4. The van der Waals surface area contributed by atoms with Gasteiger partial charge in [0.1, 0.15) is 5.82 Å². The number of nitrogens with two attached hydrogens (primary N) is 1. The molecule has 2 rings (SSSR count). The van der Waals surface area contributed by atoms with Gasteiger partial charge in [0, 0.05) is 31.7 Å². The number of benzene rings is 1. The number of nitrogens with one attached hydrogen (secondary N) is 3. The van der Waals surface area contributed by atoms with E-state index in [0.29, 0.717) is 62.9 Å². The molecule has 0 aliphatic carbocycles. The molecule has 30 heavy (non-hydrogen) atoms. The molecule has 1 heterocycles. The first-order valence-corrected chi connectivity index (χ1v) is 10.3. The third-order valence-electron chi connectivity index (χ3n) is 4.01. The van der Waals surface area contributed by atoms with Crippen molar-refractivity contribution in [1.82, 2.24) is 15.0 Å². The predicted molar refractivity (Wildman–Crippen MR) is 116 cm³/mol. The molecule has 0 fully saturated rings. The molecule has 1 aromatic heterocycles. The van der Waals surface area contributed by atoms with Gasteiger partial charge in [-0.25, -0.2) is 4.39 Å². The normalized spacial score (nSPS) is 10.8. The number of hydrogen-bond donors (Lipinski definition) is 4. The van der Waals surface area contributed by atoms with Crippen LogP contribution in [0.25, 0.3) is 0 Å². The van der Waals surface area contributed by atoms with Gasteiger partial charge in [-0.2, -0.15) is 15.0 Å². The summed E-state index contributed by atoms with van der Waals surface area (Å²) in [6.45, 7) is 6.21. The lowest BCUT2D eigenvalue weighted by molar-refractivity contribution is 0.0547. The second-order valence-corrected chi connectivity index (χ2v) is 6.47. The Morgan fingerprint density at radius 1 is 0.867 bits per heavy atom. The highest BCUT2D eigenvalue weighted by molar-refractivity contribution is 5.42. The molecular weight excluding hydrogens is 389 g/mol. The van der Waals surface area contributed by atoms with Crippen LogP contribution in [-0.4, -0.2) is 61.0 Å². The molecule has 5 N–H and O–H groups in total. The first kappa shape index (κ1) is 23.7. The van der Waals surface area contributed by atoms with E-state index in [-0.39, 0.29) is 12.4 Å². The first-order chi connectivity index (χ1) is 14.7. The maximum absolute atomic E-state index is 13.8. The van der Waals surface area contributed by atoms with Crippen molar-refractivity contribution in [2.45, 2.75) is 26.3 Å². The summed E-state index contributed by atoms with van der Waals surface area (Å²) in [7, 11) is 0. The number of aromatic nitrogens is 3. The van der Waals surface area contributed by atoms with Crippen molar-refractivity contribution in [2.75, 3.05) is 62.0 Å². The zero-order valence-electron chi connectivity index (χ0n) is 17.5.